The molecule has 1 saturated carbocycles. The van der Waals surface area contributed by atoms with Crippen LogP contribution in [0.5, 0.6) is 0 Å². The second-order valence-corrected chi connectivity index (χ2v) is 7.41. The lowest BCUT2D eigenvalue weighted by molar-refractivity contribution is -0.148. The van der Waals surface area contributed by atoms with Gasteiger partial charge in [-0.05, 0) is 25.0 Å². The Morgan fingerprint density at radius 3 is 2.78 bits per heavy atom. The van der Waals surface area contributed by atoms with Crippen LogP contribution in [0, 0.1) is 5.92 Å². The fourth-order valence-corrected chi connectivity index (χ4v) is 3.59. The highest BCUT2D eigenvalue weighted by molar-refractivity contribution is 8.13. The molecule has 0 heterocycles. The quantitative estimate of drug-likeness (QED) is 0.288. The topological polar surface area (TPSA) is 84.8 Å². The van der Waals surface area contributed by atoms with Crippen LogP contribution in [-0.4, -0.2) is 42.4 Å². The third kappa shape index (κ3) is 6.06. The largest absolute Gasteiger partial charge is 0.458 e. The van der Waals surface area contributed by atoms with Crippen molar-refractivity contribution in [3.63, 3.8) is 0 Å². The number of benzene rings is 1. The van der Waals surface area contributed by atoms with E-state index in [0.29, 0.717) is 12.8 Å². The van der Waals surface area contributed by atoms with Crippen LogP contribution in [0.3, 0.4) is 0 Å². The number of rotatable bonds is 10. The number of thioether (sulfide) groups is 1. The molecule has 2 unspecified atom stereocenters. The number of esters is 1. The monoisotopic (exact) mass is 388 g/mol. The second kappa shape index (κ2) is 10.1. The van der Waals surface area contributed by atoms with Gasteiger partial charge in [-0.3, -0.25) is 14.6 Å². The molecule has 7 heteroatoms. The van der Waals surface area contributed by atoms with Gasteiger partial charge in [0.25, 0.3) is 0 Å². The number of nitrogens with zero attached hydrogens (tertiary/aromatic N) is 1. The van der Waals surface area contributed by atoms with E-state index in [1.807, 2.05) is 30.3 Å². The molecular formula is C20H24N2O4S. The molecule has 1 aromatic carbocycles. The average molecular weight is 388 g/mol. The zero-order chi connectivity index (χ0) is 19.7. The van der Waals surface area contributed by atoms with Crippen molar-refractivity contribution >= 4 is 35.0 Å². The maximum absolute atomic E-state index is 12.5. The van der Waals surface area contributed by atoms with Crippen molar-refractivity contribution in [1.29, 1.82) is 0 Å². The zero-order valence-corrected chi connectivity index (χ0v) is 16.2. The molecule has 1 aliphatic carbocycles. The van der Waals surface area contributed by atoms with Crippen molar-refractivity contribution in [2.75, 3.05) is 13.7 Å². The van der Waals surface area contributed by atoms with Crippen molar-refractivity contribution in [2.24, 2.45) is 10.9 Å². The number of carbonyl (C=O) groups is 3. The highest BCUT2D eigenvalue weighted by atomic mass is 32.2. The summed E-state index contributed by atoms with van der Waals surface area (Å²) in [6.07, 6.45) is 4.47. The number of hydrogen-bond acceptors (Lipinski definition) is 6. The third-order valence-electron chi connectivity index (χ3n) is 4.27. The second-order valence-electron chi connectivity index (χ2n) is 6.28. The van der Waals surface area contributed by atoms with Gasteiger partial charge in [-0.2, -0.15) is 0 Å². The number of hydrogen-bond donors (Lipinski definition) is 1. The van der Waals surface area contributed by atoms with E-state index in [1.165, 1.54) is 6.21 Å². The molecule has 1 fully saturated rings. The van der Waals surface area contributed by atoms with Gasteiger partial charge < -0.3 is 10.1 Å². The Labute approximate surface area is 163 Å². The summed E-state index contributed by atoms with van der Waals surface area (Å²) in [7, 11) is 1.58. The highest BCUT2D eigenvalue weighted by Crippen LogP contribution is 2.48. The normalized spacial score (nSPS) is 20.9. The summed E-state index contributed by atoms with van der Waals surface area (Å²) in [5, 5.41) is 2.74. The van der Waals surface area contributed by atoms with Gasteiger partial charge in [0.05, 0.1) is 0 Å². The maximum Gasteiger partial charge on any atom is 0.332 e. The van der Waals surface area contributed by atoms with Crippen molar-refractivity contribution in [2.45, 2.75) is 36.1 Å². The molecular weight excluding hydrogens is 364 g/mol. The van der Waals surface area contributed by atoms with E-state index in [9.17, 15) is 14.4 Å². The molecule has 2 atom stereocenters. The van der Waals surface area contributed by atoms with Crippen LogP contribution in [0.25, 0.3) is 0 Å². The first kappa shape index (κ1) is 20.9. The van der Waals surface area contributed by atoms with Gasteiger partial charge in [-0.15, -0.1) is 6.58 Å². The molecule has 0 spiro atoms. The highest BCUT2D eigenvalue weighted by Gasteiger charge is 2.62. The first-order valence-electron chi connectivity index (χ1n) is 8.77. The van der Waals surface area contributed by atoms with Gasteiger partial charge in [0, 0.05) is 36.9 Å². The minimum Gasteiger partial charge on any atom is -0.458 e. The van der Waals surface area contributed by atoms with E-state index in [2.05, 4.69) is 16.9 Å². The molecule has 0 saturated heterocycles. The van der Waals surface area contributed by atoms with Gasteiger partial charge in [-0.1, -0.05) is 36.0 Å². The molecule has 0 aliphatic heterocycles. The lowest BCUT2D eigenvalue weighted by Crippen LogP contribution is -2.46. The number of amides is 1. The molecule has 144 valence electrons. The minimum atomic E-state index is -1.12. The lowest BCUT2D eigenvalue weighted by Gasteiger charge is -2.18. The molecule has 0 aromatic heterocycles. The summed E-state index contributed by atoms with van der Waals surface area (Å²) in [5.41, 5.74) is -1.12. The SMILES string of the molecule is C=CCCC(=O)NC1(C(=O)OCC=NC)CC1CC(=O)Sc1ccccc1. The summed E-state index contributed by atoms with van der Waals surface area (Å²) in [5.74, 6) is -1.03. The van der Waals surface area contributed by atoms with Crippen LogP contribution < -0.4 is 5.32 Å². The van der Waals surface area contributed by atoms with E-state index in [-0.39, 0.29) is 36.4 Å². The Morgan fingerprint density at radius 2 is 2.11 bits per heavy atom. The van der Waals surface area contributed by atoms with Gasteiger partial charge in [0.1, 0.15) is 12.1 Å². The lowest BCUT2D eigenvalue weighted by atomic mass is 10.1. The van der Waals surface area contributed by atoms with Crippen LogP contribution >= 0.6 is 11.8 Å². The van der Waals surface area contributed by atoms with Gasteiger partial charge in [-0.25, -0.2) is 4.79 Å². The van der Waals surface area contributed by atoms with Gasteiger partial charge >= 0.3 is 5.97 Å². The van der Waals surface area contributed by atoms with Crippen molar-refractivity contribution in [3.05, 3.63) is 43.0 Å². The molecule has 27 heavy (non-hydrogen) atoms. The maximum atomic E-state index is 12.5. The predicted molar refractivity (Wildman–Crippen MR) is 106 cm³/mol. The number of allylic oxidation sites excluding steroid dienone is 1. The smallest absolute Gasteiger partial charge is 0.332 e. The molecule has 6 nitrogen and oxygen atoms in total. The first-order chi connectivity index (χ1) is 13.0. The minimum absolute atomic E-state index is 0.0407. The average Bonchev–Trinajstić information content (AvgIpc) is 3.33. The third-order valence-corrected chi connectivity index (χ3v) is 5.17. The summed E-state index contributed by atoms with van der Waals surface area (Å²) >= 11 is 1.14. The van der Waals surface area contributed by atoms with E-state index in [4.69, 9.17) is 4.74 Å². The standard InChI is InChI=1S/C20H24N2O4S/c1-3-4-10-17(23)22-20(19(25)26-12-11-21-2)14-15(20)13-18(24)27-16-8-6-5-7-9-16/h3,5-9,11,15H,1,4,10,12-14H2,2H3,(H,22,23). The molecule has 1 aliphatic rings. The van der Waals surface area contributed by atoms with E-state index in [1.54, 1.807) is 13.1 Å². The molecule has 1 aromatic rings. The van der Waals surface area contributed by atoms with E-state index in [0.717, 1.165) is 16.7 Å². The van der Waals surface area contributed by atoms with Crippen LogP contribution in [0.2, 0.25) is 0 Å². The van der Waals surface area contributed by atoms with Crippen molar-refractivity contribution in [1.82, 2.24) is 5.32 Å². The van der Waals surface area contributed by atoms with Crippen molar-refractivity contribution < 1.29 is 19.1 Å². The van der Waals surface area contributed by atoms with Gasteiger partial charge in [0.2, 0.25) is 5.91 Å². The molecule has 0 radical (unpaired) electrons. The Kier molecular flexibility index (Phi) is 7.79. The Bertz CT molecular complexity index is 720. The number of carbonyl (C=O) groups excluding carboxylic acids is 3. The Hall–Kier alpha value is -2.41. The van der Waals surface area contributed by atoms with Crippen LogP contribution in [0.15, 0.2) is 52.9 Å². The summed E-state index contributed by atoms with van der Waals surface area (Å²) in [6.45, 7) is 3.63. The fraction of sp³-hybridized carbons (Fsp3) is 0.400. The zero-order valence-electron chi connectivity index (χ0n) is 15.3. The number of ether oxygens (including phenoxy) is 1. The summed E-state index contributed by atoms with van der Waals surface area (Å²) in [4.78, 5) is 41.6. The molecule has 1 amide bonds. The van der Waals surface area contributed by atoms with E-state index >= 15 is 0 Å². The number of nitrogens with one attached hydrogen (secondary N) is 1. The molecule has 0 bridgehead atoms. The van der Waals surface area contributed by atoms with Crippen LogP contribution in [0.4, 0.5) is 0 Å². The van der Waals surface area contributed by atoms with Crippen LogP contribution in [-0.2, 0) is 19.1 Å². The van der Waals surface area contributed by atoms with Crippen LogP contribution in [0.1, 0.15) is 25.7 Å². The Morgan fingerprint density at radius 1 is 1.37 bits per heavy atom. The first-order valence-corrected chi connectivity index (χ1v) is 9.59. The summed E-state index contributed by atoms with van der Waals surface area (Å²) in [6, 6.07) is 9.33. The van der Waals surface area contributed by atoms with Crippen molar-refractivity contribution in [3.8, 4) is 0 Å². The van der Waals surface area contributed by atoms with Gasteiger partial charge in [0.15, 0.2) is 5.12 Å². The predicted octanol–water partition coefficient (Wildman–Crippen LogP) is 2.78. The molecule has 1 N–H and O–H groups in total. The fourth-order valence-electron chi connectivity index (χ4n) is 2.75. The van der Waals surface area contributed by atoms with E-state index < -0.39 is 11.5 Å². The number of aliphatic imine (C=N–C) groups is 1. The summed E-state index contributed by atoms with van der Waals surface area (Å²) < 4.78 is 5.20. The Balaban J connectivity index is 1.99. The molecule has 2 rings (SSSR count).